The summed E-state index contributed by atoms with van der Waals surface area (Å²) in [7, 11) is -1.09. The smallest absolute Gasteiger partial charge is 0.304 e. The number of benzene rings is 2. The number of hydrogen-bond acceptors (Lipinski definition) is 4. The SMILES string of the molecule is CC[C@@H](C(=O)NC1CCCC1)N(Cc1ccc(C)cc1)C(=O)CN(c1cc(C)ccc1C)S(=O)(=O)N(C)C. The second-order valence-electron chi connectivity index (χ2n) is 10.5. The van der Waals surface area contributed by atoms with Crippen molar-refractivity contribution in [1.82, 2.24) is 14.5 Å². The zero-order chi connectivity index (χ0) is 28.0. The Morgan fingerprint density at radius 3 is 2.16 bits per heavy atom. The van der Waals surface area contributed by atoms with Crippen LogP contribution in [0.25, 0.3) is 0 Å². The van der Waals surface area contributed by atoms with Crippen LogP contribution in [0.4, 0.5) is 5.69 Å². The number of nitrogens with zero attached hydrogens (tertiary/aromatic N) is 3. The molecule has 0 aromatic heterocycles. The molecule has 0 radical (unpaired) electrons. The summed E-state index contributed by atoms with van der Waals surface area (Å²) in [6.45, 7) is 7.38. The predicted octanol–water partition coefficient (Wildman–Crippen LogP) is 4.09. The minimum atomic E-state index is -3.99. The summed E-state index contributed by atoms with van der Waals surface area (Å²) >= 11 is 0. The van der Waals surface area contributed by atoms with Crippen LogP contribution in [0.3, 0.4) is 0 Å². The molecule has 0 spiro atoms. The van der Waals surface area contributed by atoms with Gasteiger partial charge in [-0.25, -0.2) is 4.31 Å². The van der Waals surface area contributed by atoms with Crippen molar-refractivity contribution in [2.75, 3.05) is 24.9 Å². The molecule has 1 aliphatic rings. The molecule has 9 heteroatoms. The molecule has 0 aliphatic heterocycles. The van der Waals surface area contributed by atoms with Crippen molar-refractivity contribution < 1.29 is 18.0 Å². The Labute approximate surface area is 228 Å². The number of nitrogens with one attached hydrogen (secondary N) is 1. The fraction of sp³-hybridized carbons (Fsp3) is 0.517. The molecular formula is C29H42N4O4S. The Kier molecular flexibility index (Phi) is 9.95. The largest absolute Gasteiger partial charge is 0.352 e. The molecule has 0 heterocycles. The van der Waals surface area contributed by atoms with Crippen LogP contribution in [0.1, 0.15) is 61.3 Å². The van der Waals surface area contributed by atoms with Crippen LogP contribution in [0.15, 0.2) is 42.5 Å². The topological polar surface area (TPSA) is 90.0 Å². The van der Waals surface area contributed by atoms with E-state index >= 15 is 0 Å². The van der Waals surface area contributed by atoms with Crippen LogP contribution in [0.2, 0.25) is 0 Å². The fourth-order valence-electron chi connectivity index (χ4n) is 4.87. The third-order valence-electron chi connectivity index (χ3n) is 7.21. The molecule has 38 heavy (non-hydrogen) atoms. The Bertz CT molecular complexity index is 1220. The summed E-state index contributed by atoms with van der Waals surface area (Å²) in [4.78, 5) is 29.0. The van der Waals surface area contributed by atoms with Gasteiger partial charge in [0.05, 0.1) is 5.69 Å². The molecule has 2 aromatic carbocycles. The molecule has 2 aromatic rings. The first-order valence-electron chi connectivity index (χ1n) is 13.4. The molecule has 0 saturated heterocycles. The Morgan fingerprint density at radius 1 is 0.974 bits per heavy atom. The van der Waals surface area contributed by atoms with Gasteiger partial charge in [-0.2, -0.15) is 12.7 Å². The minimum absolute atomic E-state index is 0.119. The summed E-state index contributed by atoms with van der Waals surface area (Å²) in [5, 5.41) is 3.14. The molecule has 0 unspecified atom stereocenters. The quantitative estimate of drug-likeness (QED) is 0.463. The Balaban J connectivity index is 1.99. The molecule has 3 rings (SSSR count). The van der Waals surface area contributed by atoms with Crippen molar-refractivity contribution in [2.24, 2.45) is 0 Å². The van der Waals surface area contributed by atoms with Crippen LogP contribution < -0.4 is 9.62 Å². The third-order valence-corrected chi connectivity index (χ3v) is 9.02. The maximum atomic E-state index is 14.0. The lowest BCUT2D eigenvalue weighted by molar-refractivity contribution is -0.140. The van der Waals surface area contributed by atoms with Gasteiger partial charge in [0, 0.05) is 26.7 Å². The van der Waals surface area contributed by atoms with E-state index in [0.29, 0.717) is 12.1 Å². The van der Waals surface area contributed by atoms with Gasteiger partial charge in [0.1, 0.15) is 12.6 Å². The third kappa shape index (κ3) is 7.14. The summed E-state index contributed by atoms with van der Waals surface area (Å²) in [5.74, 6) is -0.612. The van der Waals surface area contributed by atoms with Crippen LogP contribution in [0, 0.1) is 20.8 Å². The monoisotopic (exact) mass is 542 g/mol. The zero-order valence-electron chi connectivity index (χ0n) is 23.5. The van der Waals surface area contributed by atoms with E-state index in [4.69, 9.17) is 0 Å². The highest BCUT2D eigenvalue weighted by Gasteiger charge is 2.35. The minimum Gasteiger partial charge on any atom is -0.352 e. The average molecular weight is 543 g/mol. The van der Waals surface area contributed by atoms with E-state index in [-0.39, 0.29) is 18.5 Å². The highest BCUT2D eigenvalue weighted by atomic mass is 32.2. The van der Waals surface area contributed by atoms with E-state index in [1.54, 1.807) is 6.07 Å². The van der Waals surface area contributed by atoms with Crippen molar-refractivity contribution in [1.29, 1.82) is 0 Å². The fourth-order valence-corrected chi connectivity index (χ4v) is 5.98. The maximum Gasteiger partial charge on any atom is 0.304 e. The zero-order valence-corrected chi connectivity index (χ0v) is 24.3. The number of carbonyl (C=O) groups is 2. The molecule has 1 N–H and O–H groups in total. The van der Waals surface area contributed by atoms with Crippen LogP contribution >= 0.6 is 0 Å². The number of carbonyl (C=O) groups excluding carboxylic acids is 2. The van der Waals surface area contributed by atoms with E-state index in [2.05, 4.69) is 5.32 Å². The van der Waals surface area contributed by atoms with Crippen LogP contribution in [-0.2, 0) is 26.3 Å². The number of amides is 2. The lowest BCUT2D eigenvalue weighted by Crippen LogP contribution is -2.54. The van der Waals surface area contributed by atoms with Gasteiger partial charge in [0.25, 0.3) is 0 Å². The second-order valence-corrected chi connectivity index (χ2v) is 12.6. The van der Waals surface area contributed by atoms with E-state index in [1.165, 1.54) is 19.0 Å². The molecule has 1 atom stereocenters. The maximum absolute atomic E-state index is 14.0. The summed E-state index contributed by atoms with van der Waals surface area (Å²) in [5.41, 5.74) is 4.05. The standard InChI is InChI=1S/C29H42N4O4S/c1-7-26(29(35)30-25-10-8-9-11-25)32(19-24-16-13-21(2)14-17-24)28(34)20-33(38(36,37)31(5)6)27-18-22(3)12-15-23(27)4/h12-18,25-26H,7-11,19-20H2,1-6H3,(H,30,35)/t26-/m0/s1. The molecule has 208 valence electrons. The molecule has 1 aliphatic carbocycles. The first-order chi connectivity index (χ1) is 17.9. The van der Waals surface area contributed by atoms with Gasteiger partial charge >= 0.3 is 10.2 Å². The lowest BCUT2D eigenvalue weighted by Gasteiger charge is -2.34. The lowest BCUT2D eigenvalue weighted by atomic mass is 10.1. The van der Waals surface area contributed by atoms with E-state index in [1.807, 2.05) is 64.1 Å². The second kappa shape index (κ2) is 12.8. The van der Waals surface area contributed by atoms with E-state index in [0.717, 1.165) is 56.5 Å². The highest BCUT2D eigenvalue weighted by Crippen LogP contribution is 2.26. The van der Waals surface area contributed by atoms with Gasteiger partial charge in [0.2, 0.25) is 11.8 Å². The molecule has 0 bridgehead atoms. The van der Waals surface area contributed by atoms with Crippen molar-refractivity contribution in [3.8, 4) is 0 Å². The number of hydrogen-bond donors (Lipinski definition) is 1. The van der Waals surface area contributed by atoms with E-state index in [9.17, 15) is 18.0 Å². The first kappa shape index (κ1) is 29.6. The Hall–Kier alpha value is -2.91. The van der Waals surface area contributed by atoms with Gasteiger partial charge in [-0.3, -0.25) is 9.59 Å². The van der Waals surface area contributed by atoms with Crippen molar-refractivity contribution in [2.45, 2.75) is 78.4 Å². The molecule has 1 saturated carbocycles. The number of anilines is 1. The molecular weight excluding hydrogens is 500 g/mol. The van der Waals surface area contributed by atoms with Crippen molar-refractivity contribution >= 4 is 27.7 Å². The normalized spacial score (nSPS) is 14.9. The highest BCUT2D eigenvalue weighted by molar-refractivity contribution is 7.90. The molecule has 2 amide bonds. The first-order valence-corrected chi connectivity index (χ1v) is 14.8. The van der Waals surface area contributed by atoms with Crippen LogP contribution in [0.5, 0.6) is 0 Å². The van der Waals surface area contributed by atoms with Gasteiger partial charge in [0.15, 0.2) is 0 Å². The van der Waals surface area contributed by atoms with Crippen LogP contribution in [-0.4, -0.2) is 62.2 Å². The van der Waals surface area contributed by atoms with Gasteiger partial charge in [-0.05, 0) is 62.8 Å². The van der Waals surface area contributed by atoms with E-state index < -0.39 is 28.7 Å². The van der Waals surface area contributed by atoms with Crippen molar-refractivity contribution in [3.05, 3.63) is 64.7 Å². The molecule has 1 fully saturated rings. The molecule has 8 nitrogen and oxygen atoms in total. The van der Waals surface area contributed by atoms with Gasteiger partial charge in [-0.1, -0.05) is 61.7 Å². The summed E-state index contributed by atoms with van der Waals surface area (Å²) in [6, 6.07) is 12.8. The summed E-state index contributed by atoms with van der Waals surface area (Å²) < 4.78 is 29.2. The average Bonchev–Trinajstić information content (AvgIpc) is 3.38. The predicted molar refractivity (Wildman–Crippen MR) is 152 cm³/mol. The number of aryl methyl sites for hydroxylation is 3. The number of rotatable bonds is 11. The summed E-state index contributed by atoms with van der Waals surface area (Å²) in [6.07, 6.45) is 4.47. The Morgan fingerprint density at radius 2 is 1.58 bits per heavy atom. The van der Waals surface area contributed by atoms with Gasteiger partial charge in [-0.15, -0.1) is 0 Å². The van der Waals surface area contributed by atoms with Gasteiger partial charge < -0.3 is 10.2 Å². The van der Waals surface area contributed by atoms with Crippen molar-refractivity contribution in [3.63, 3.8) is 0 Å².